The zero-order chi connectivity index (χ0) is 10.3. The van der Waals surface area contributed by atoms with Crippen LogP contribution in [-0.2, 0) is 0 Å². The second-order valence-electron chi connectivity index (χ2n) is 4.86. The van der Waals surface area contributed by atoms with Crippen molar-refractivity contribution < 1.29 is 4.79 Å². The third kappa shape index (κ3) is 1.31. The van der Waals surface area contributed by atoms with E-state index in [1.807, 2.05) is 24.3 Å². The Kier molecular flexibility index (Phi) is 1.88. The molecule has 1 unspecified atom stereocenters. The van der Waals surface area contributed by atoms with Gasteiger partial charge in [0.2, 0.25) is 0 Å². The Labute approximate surface area is 84.3 Å². The third-order valence-corrected chi connectivity index (χ3v) is 2.66. The first kappa shape index (κ1) is 9.25. The SMILES string of the molecule is CC(C)(C)C1NC(=O)c2ccccc21. The predicted octanol–water partition coefficient (Wildman–Crippen LogP) is 2.52. The van der Waals surface area contributed by atoms with Crippen LogP contribution in [0.2, 0.25) is 0 Å². The van der Waals surface area contributed by atoms with Crippen molar-refractivity contribution in [3.05, 3.63) is 35.4 Å². The molecule has 1 aromatic rings. The maximum atomic E-state index is 11.6. The lowest BCUT2D eigenvalue weighted by molar-refractivity contribution is 0.0933. The standard InChI is InChI=1S/C12H15NO/c1-12(2,3)10-8-6-4-5-7-9(8)11(14)13-10/h4-7,10H,1-3H3,(H,13,14). The summed E-state index contributed by atoms with van der Waals surface area (Å²) in [6, 6.07) is 7.95. The molecule has 1 heterocycles. The topological polar surface area (TPSA) is 29.1 Å². The van der Waals surface area contributed by atoms with E-state index in [-0.39, 0.29) is 17.4 Å². The molecule has 2 nitrogen and oxygen atoms in total. The summed E-state index contributed by atoms with van der Waals surface area (Å²) < 4.78 is 0. The number of rotatable bonds is 0. The Balaban J connectivity index is 2.50. The van der Waals surface area contributed by atoms with E-state index in [0.717, 1.165) is 11.1 Å². The molecule has 0 spiro atoms. The molecule has 14 heavy (non-hydrogen) atoms. The normalized spacial score (nSPS) is 20.5. The van der Waals surface area contributed by atoms with Gasteiger partial charge in [-0.15, -0.1) is 0 Å². The summed E-state index contributed by atoms with van der Waals surface area (Å²) in [4.78, 5) is 11.6. The van der Waals surface area contributed by atoms with Crippen LogP contribution in [0.3, 0.4) is 0 Å². The van der Waals surface area contributed by atoms with E-state index in [1.165, 1.54) is 0 Å². The predicted molar refractivity (Wildman–Crippen MR) is 56.1 cm³/mol. The van der Waals surface area contributed by atoms with Gasteiger partial charge in [0, 0.05) is 5.56 Å². The van der Waals surface area contributed by atoms with Crippen LogP contribution in [0, 0.1) is 5.41 Å². The molecule has 0 radical (unpaired) electrons. The van der Waals surface area contributed by atoms with Crippen molar-refractivity contribution >= 4 is 5.91 Å². The van der Waals surface area contributed by atoms with E-state index in [9.17, 15) is 4.79 Å². The Morgan fingerprint density at radius 1 is 1.21 bits per heavy atom. The van der Waals surface area contributed by atoms with Crippen LogP contribution in [0.4, 0.5) is 0 Å². The minimum atomic E-state index is 0.0560. The van der Waals surface area contributed by atoms with Gasteiger partial charge in [-0.2, -0.15) is 0 Å². The zero-order valence-electron chi connectivity index (χ0n) is 8.79. The van der Waals surface area contributed by atoms with Gasteiger partial charge in [0.1, 0.15) is 0 Å². The highest BCUT2D eigenvalue weighted by Crippen LogP contribution is 2.38. The number of carbonyl (C=O) groups excluding carboxylic acids is 1. The van der Waals surface area contributed by atoms with Crippen LogP contribution in [0.25, 0.3) is 0 Å². The van der Waals surface area contributed by atoms with E-state index in [0.29, 0.717) is 0 Å². The Hall–Kier alpha value is -1.31. The fourth-order valence-electron chi connectivity index (χ4n) is 1.93. The molecule has 1 amide bonds. The summed E-state index contributed by atoms with van der Waals surface area (Å²) in [6.07, 6.45) is 0. The molecule has 0 fully saturated rings. The molecule has 1 aliphatic heterocycles. The fourth-order valence-corrected chi connectivity index (χ4v) is 1.93. The molecule has 0 aromatic heterocycles. The van der Waals surface area contributed by atoms with Gasteiger partial charge >= 0.3 is 0 Å². The molecule has 0 saturated heterocycles. The summed E-state index contributed by atoms with van der Waals surface area (Å²) >= 11 is 0. The lowest BCUT2D eigenvalue weighted by atomic mass is 9.83. The summed E-state index contributed by atoms with van der Waals surface area (Å²) in [6.45, 7) is 6.42. The Bertz CT molecular complexity index is 376. The van der Waals surface area contributed by atoms with Gasteiger partial charge in [-0.1, -0.05) is 39.0 Å². The van der Waals surface area contributed by atoms with Gasteiger partial charge in [0.25, 0.3) is 5.91 Å². The first-order chi connectivity index (χ1) is 6.50. The minimum Gasteiger partial charge on any atom is -0.345 e. The summed E-state index contributed by atoms with van der Waals surface area (Å²) in [7, 11) is 0. The molecule has 2 rings (SSSR count). The van der Waals surface area contributed by atoms with Gasteiger partial charge in [0.05, 0.1) is 6.04 Å². The largest absolute Gasteiger partial charge is 0.345 e. The van der Waals surface area contributed by atoms with Crippen molar-refractivity contribution in [1.82, 2.24) is 5.32 Å². The highest BCUT2D eigenvalue weighted by molar-refractivity contribution is 5.99. The average molecular weight is 189 g/mol. The number of hydrogen-bond acceptors (Lipinski definition) is 1. The van der Waals surface area contributed by atoms with Gasteiger partial charge in [-0.3, -0.25) is 4.79 Å². The maximum Gasteiger partial charge on any atom is 0.252 e. The van der Waals surface area contributed by atoms with E-state index >= 15 is 0 Å². The first-order valence-corrected chi connectivity index (χ1v) is 4.90. The molecule has 0 bridgehead atoms. The van der Waals surface area contributed by atoms with Gasteiger partial charge in [-0.25, -0.2) is 0 Å². The van der Waals surface area contributed by atoms with Gasteiger partial charge < -0.3 is 5.32 Å². The average Bonchev–Trinajstić information content (AvgIpc) is 2.44. The van der Waals surface area contributed by atoms with Crippen LogP contribution in [0.5, 0.6) is 0 Å². The summed E-state index contributed by atoms with van der Waals surface area (Å²) in [5.74, 6) is 0.0560. The minimum absolute atomic E-state index is 0.0560. The summed E-state index contributed by atoms with van der Waals surface area (Å²) in [5.41, 5.74) is 2.03. The zero-order valence-corrected chi connectivity index (χ0v) is 8.79. The van der Waals surface area contributed by atoms with Gasteiger partial charge in [0.15, 0.2) is 0 Å². The number of benzene rings is 1. The van der Waals surface area contributed by atoms with Crippen LogP contribution >= 0.6 is 0 Å². The van der Waals surface area contributed by atoms with Crippen LogP contribution < -0.4 is 5.32 Å². The lowest BCUT2D eigenvalue weighted by Crippen LogP contribution is -2.29. The lowest BCUT2D eigenvalue weighted by Gasteiger charge is -2.27. The summed E-state index contributed by atoms with van der Waals surface area (Å²) in [5, 5.41) is 3.02. The molecule has 1 N–H and O–H groups in total. The second-order valence-corrected chi connectivity index (χ2v) is 4.86. The Morgan fingerprint density at radius 3 is 2.50 bits per heavy atom. The van der Waals surface area contributed by atoms with Crippen molar-refractivity contribution in [2.24, 2.45) is 5.41 Å². The quantitative estimate of drug-likeness (QED) is 0.667. The van der Waals surface area contributed by atoms with Crippen molar-refractivity contribution in [2.45, 2.75) is 26.8 Å². The van der Waals surface area contributed by atoms with Gasteiger partial charge in [-0.05, 0) is 17.0 Å². The van der Waals surface area contributed by atoms with E-state index in [1.54, 1.807) is 0 Å². The molecular weight excluding hydrogens is 174 g/mol. The van der Waals surface area contributed by atoms with E-state index in [2.05, 4.69) is 26.1 Å². The fraction of sp³-hybridized carbons (Fsp3) is 0.417. The molecule has 74 valence electrons. The number of nitrogens with one attached hydrogen (secondary N) is 1. The first-order valence-electron chi connectivity index (χ1n) is 4.90. The highest BCUT2D eigenvalue weighted by atomic mass is 16.2. The molecule has 1 aromatic carbocycles. The molecule has 2 heteroatoms. The molecular formula is C12H15NO. The molecule has 0 aliphatic carbocycles. The van der Waals surface area contributed by atoms with Crippen molar-refractivity contribution in [3.8, 4) is 0 Å². The van der Waals surface area contributed by atoms with Crippen molar-refractivity contribution in [2.75, 3.05) is 0 Å². The number of carbonyl (C=O) groups is 1. The van der Waals surface area contributed by atoms with Crippen molar-refractivity contribution in [3.63, 3.8) is 0 Å². The maximum absolute atomic E-state index is 11.6. The monoisotopic (exact) mass is 189 g/mol. The number of fused-ring (bicyclic) bond motifs is 1. The van der Waals surface area contributed by atoms with Crippen LogP contribution in [0.15, 0.2) is 24.3 Å². The van der Waals surface area contributed by atoms with E-state index < -0.39 is 0 Å². The molecule has 1 aliphatic rings. The highest BCUT2D eigenvalue weighted by Gasteiger charge is 2.35. The Morgan fingerprint density at radius 2 is 1.86 bits per heavy atom. The number of hydrogen-bond donors (Lipinski definition) is 1. The molecule has 1 atom stereocenters. The smallest absolute Gasteiger partial charge is 0.252 e. The van der Waals surface area contributed by atoms with E-state index in [4.69, 9.17) is 0 Å². The van der Waals surface area contributed by atoms with Crippen molar-refractivity contribution in [1.29, 1.82) is 0 Å². The second kappa shape index (κ2) is 2.84. The van der Waals surface area contributed by atoms with Crippen LogP contribution in [-0.4, -0.2) is 5.91 Å². The molecule has 0 saturated carbocycles. The third-order valence-electron chi connectivity index (χ3n) is 2.66. The number of amides is 1. The van der Waals surface area contributed by atoms with Crippen LogP contribution in [0.1, 0.15) is 42.7 Å².